The number of carbonyl (C=O) groups excluding carboxylic acids is 5. The van der Waals surface area contributed by atoms with E-state index in [1.54, 1.807) is 0 Å². The molecule has 298 valence electrons. The predicted molar refractivity (Wildman–Crippen MR) is 197 cm³/mol. The van der Waals surface area contributed by atoms with Crippen molar-refractivity contribution in [2.24, 2.45) is 23.7 Å². The molecule has 0 fully saturated rings. The average Bonchev–Trinajstić information content (AvgIpc) is 3.13. The molecule has 4 aliphatic rings. The van der Waals surface area contributed by atoms with Gasteiger partial charge < -0.3 is 49.8 Å². The Morgan fingerprint density at radius 2 is 1.56 bits per heavy atom. The highest BCUT2D eigenvalue weighted by atomic mass is 16.7. The quantitative estimate of drug-likeness (QED) is 0.144. The van der Waals surface area contributed by atoms with E-state index in [9.17, 15) is 49.5 Å². The van der Waals surface area contributed by atoms with E-state index in [0.717, 1.165) is 14.0 Å². The van der Waals surface area contributed by atoms with Crippen LogP contribution in [0, 0.1) is 30.6 Å². The number of carbonyl (C=O) groups is 5. The lowest BCUT2D eigenvalue weighted by Crippen LogP contribution is -2.52. The molecule has 15 nitrogen and oxygen atoms in total. The SMILES string of the molecule is COC(=O)[C@H]1[C@@H](O)[C@H](C)[C@@H](O)[C@](C)(O)/C=C(/C)C2=C3C(=C(C)C(=O)c4c(O)c(c(C)c(OC(C)=O)c43)NC(=O)/C(C)=C/C=C/[C@@H](C)C(=O)[C@@H](C)[C@H]1O)OCO2. The first-order valence-corrected chi connectivity index (χ1v) is 17.7. The number of anilines is 1. The minimum atomic E-state index is -2.19. The van der Waals surface area contributed by atoms with E-state index in [0.29, 0.717) is 0 Å². The molecule has 0 saturated carbocycles. The van der Waals surface area contributed by atoms with Gasteiger partial charge in [-0.05, 0) is 46.3 Å². The smallest absolute Gasteiger partial charge is 0.313 e. The molecule has 8 atom stereocenters. The number of ether oxygens (including phenoxy) is 4. The summed E-state index contributed by atoms with van der Waals surface area (Å²) in [6.45, 7) is 12.0. The van der Waals surface area contributed by atoms with E-state index >= 15 is 0 Å². The third kappa shape index (κ3) is 8.01. The van der Waals surface area contributed by atoms with Crippen LogP contribution in [0.5, 0.6) is 11.5 Å². The molecule has 0 radical (unpaired) electrons. The van der Waals surface area contributed by atoms with Crippen LogP contribution in [-0.2, 0) is 33.4 Å². The molecule has 1 aromatic rings. The maximum Gasteiger partial charge on any atom is 0.313 e. The van der Waals surface area contributed by atoms with Crippen LogP contribution in [0.4, 0.5) is 5.69 Å². The highest BCUT2D eigenvalue weighted by Crippen LogP contribution is 2.53. The van der Waals surface area contributed by atoms with E-state index < -0.39 is 89.5 Å². The van der Waals surface area contributed by atoms with Crippen LogP contribution in [-0.4, -0.2) is 92.8 Å². The lowest BCUT2D eigenvalue weighted by atomic mass is 9.75. The molecular formula is C40H49NO14. The van der Waals surface area contributed by atoms with Gasteiger partial charge in [0.2, 0.25) is 6.79 Å². The summed E-state index contributed by atoms with van der Waals surface area (Å²) in [5, 5.41) is 60.4. The Bertz CT molecular complexity index is 1960. The van der Waals surface area contributed by atoms with Crippen LogP contribution >= 0.6 is 0 Å². The molecule has 1 aliphatic carbocycles. The topological polar surface area (TPSA) is 235 Å². The van der Waals surface area contributed by atoms with E-state index in [2.05, 4.69) is 5.32 Å². The third-order valence-electron chi connectivity index (χ3n) is 10.4. The van der Waals surface area contributed by atoms with Gasteiger partial charge in [0, 0.05) is 47.0 Å². The Balaban J connectivity index is 2.07. The van der Waals surface area contributed by atoms with Gasteiger partial charge in [-0.3, -0.25) is 24.0 Å². The Labute approximate surface area is 318 Å². The van der Waals surface area contributed by atoms with Crippen LogP contribution in [0.15, 0.2) is 52.5 Å². The molecule has 3 aliphatic heterocycles. The van der Waals surface area contributed by atoms with Gasteiger partial charge >= 0.3 is 11.9 Å². The number of esters is 2. The second-order valence-corrected chi connectivity index (χ2v) is 14.5. The van der Waals surface area contributed by atoms with Gasteiger partial charge in [-0.15, -0.1) is 0 Å². The average molecular weight is 768 g/mol. The number of hydrogen-bond donors (Lipinski definition) is 6. The predicted octanol–water partition coefficient (Wildman–Crippen LogP) is 3.31. The van der Waals surface area contributed by atoms with Crippen LogP contribution < -0.4 is 10.1 Å². The number of phenolic OH excluding ortho intramolecular Hbond substituents is 1. The molecule has 0 aromatic heterocycles. The largest absolute Gasteiger partial charge is 0.505 e. The zero-order valence-electron chi connectivity index (χ0n) is 32.5. The lowest BCUT2D eigenvalue weighted by molar-refractivity contribution is -0.166. The highest BCUT2D eigenvalue weighted by molar-refractivity contribution is 6.21. The summed E-state index contributed by atoms with van der Waals surface area (Å²) in [5.74, 6) is -9.80. The number of aliphatic hydroxyl groups excluding tert-OH is 3. The molecule has 4 bridgehead atoms. The van der Waals surface area contributed by atoms with Gasteiger partial charge in [0.1, 0.15) is 34.6 Å². The molecule has 6 N–H and O–H groups in total. The highest BCUT2D eigenvalue weighted by Gasteiger charge is 2.47. The number of ketones is 2. The van der Waals surface area contributed by atoms with Crippen LogP contribution in [0.1, 0.15) is 76.9 Å². The van der Waals surface area contributed by atoms with Crippen molar-refractivity contribution in [1.82, 2.24) is 0 Å². The second kappa shape index (κ2) is 16.3. The summed E-state index contributed by atoms with van der Waals surface area (Å²) in [4.78, 5) is 66.4. The monoisotopic (exact) mass is 767 g/mol. The van der Waals surface area contributed by atoms with Gasteiger partial charge in [-0.2, -0.15) is 0 Å². The fourth-order valence-electron chi connectivity index (χ4n) is 7.13. The Morgan fingerprint density at radius 3 is 2.16 bits per heavy atom. The fourth-order valence-corrected chi connectivity index (χ4v) is 7.13. The summed E-state index contributed by atoms with van der Waals surface area (Å²) in [5.41, 5.74) is -2.46. The summed E-state index contributed by atoms with van der Waals surface area (Å²) in [7, 11) is 1.04. The van der Waals surface area contributed by atoms with Gasteiger partial charge in [0.05, 0.1) is 42.2 Å². The molecule has 15 heteroatoms. The minimum Gasteiger partial charge on any atom is -0.505 e. The molecule has 1 aromatic carbocycles. The third-order valence-corrected chi connectivity index (χ3v) is 10.4. The normalized spacial score (nSPS) is 32.0. The molecule has 0 unspecified atom stereocenters. The maximum atomic E-state index is 14.0. The lowest BCUT2D eigenvalue weighted by Gasteiger charge is -2.38. The molecule has 3 heterocycles. The molecule has 0 saturated heterocycles. The van der Waals surface area contributed by atoms with E-state index in [1.165, 1.54) is 79.7 Å². The van der Waals surface area contributed by atoms with Crippen molar-refractivity contribution in [1.29, 1.82) is 0 Å². The first-order valence-electron chi connectivity index (χ1n) is 17.7. The molecule has 55 heavy (non-hydrogen) atoms. The van der Waals surface area contributed by atoms with Crippen molar-refractivity contribution < 1.29 is 68.5 Å². The summed E-state index contributed by atoms with van der Waals surface area (Å²) in [6, 6.07) is 0. The van der Waals surface area contributed by atoms with Gasteiger partial charge in [0.15, 0.2) is 11.5 Å². The van der Waals surface area contributed by atoms with E-state index in [4.69, 9.17) is 18.9 Å². The Morgan fingerprint density at radius 1 is 0.945 bits per heavy atom. The number of nitrogens with one attached hydrogen (secondary N) is 1. The number of fused-ring (bicyclic) bond motifs is 14. The number of allylic oxidation sites excluding steroid dienone is 6. The zero-order valence-corrected chi connectivity index (χ0v) is 32.5. The second-order valence-electron chi connectivity index (χ2n) is 14.5. The number of rotatable bonds is 2. The van der Waals surface area contributed by atoms with Crippen molar-refractivity contribution in [2.45, 2.75) is 86.2 Å². The Hall–Kier alpha value is -5.09. The summed E-state index contributed by atoms with van der Waals surface area (Å²) >= 11 is 0. The number of Topliss-reactive ketones (excluding diaryl/α,β-unsaturated/α-hetero) is 2. The van der Waals surface area contributed by atoms with Crippen LogP contribution in [0.2, 0.25) is 0 Å². The number of amides is 1. The van der Waals surface area contributed by atoms with Crippen molar-refractivity contribution in [3.05, 3.63) is 69.2 Å². The molecule has 0 spiro atoms. The number of aromatic hydroxyl groups is 1. The summed E-state index contributed by atoms with van der Waals surface area (Å²) < 4.78 is 22.2. The number of benzene rings is 1. The molecular weight excluding hydrogens is 718 g/mol. The van der Waals surface area contributed by atoms with Crippen molar-refractivity contribution in [3.8, 4) is 11.5 Å². The molecule has 1 amide bonds. The Kier molecular flexibility index (Phi) is 12.7. The number of phenols is 1. The first kappa shape index (κ1) is 42.6. The first-order chi connectivity index (χ1) is 25.6. The zero-order chi connectivity index (χ0) is 41.4. The fraction of sp³-hybridized carbons (Fsp3) is 0.475. The molecule has 5 rings (SSSR count). The standard InChI is InChI=1S/C40H49NO14/c1-16-12-11-13-17(2)38(49)41-28-19(4)36(55-23(8)42)24-25(33(28)47)31(45)21(6)35-26(24)34(53-15-54-35)18(3)14-40(9,51)37(48)22(7)32(46)27(39(50)52-10)30(44)20(5)29(16)43/h11-14,16,20,22,27,30,32,37,44,46-48,51H,15H2,1-10H3,(H,41,49)/b12-11+,17-13+,18-14-/t16-,20-,22+,27-,30-,32+,37-,40-/m1/s1. The van der Waals surface area contributed by atoms with Gasteiger partial charge in [-0.1, -0.05) is 39.0 Å². The van der Waals surface area contributed by atoms with E-state index in [-0.39, 0.29) is 61.9 Å². The number of aliphatic hydroxyl groups is 4. The van der Waals surface area contributed by atoms with Crippen molar-refractivity contribution in [2.75, 3.05) is 19.2 Å². The minimum absolute atomic E-state index is 0.00714. The van der Waals surface area contributed by atoms with Crippen LogP contribution in [0.3, 0.4) is 0 Å². The van der Waals surface area contributed by atoms with E-state index in [1.807, 2.05) is 0 Å². The van der Waals surface area contributed by atoms with Crippen LogP contribution in [0.25, 0.3) is 5.57 Å². The summed E-state index contributed by atoms with van der Waals surface area (Å²) in [6.07, 6.45) is 0.0247. The van der Waals surface area contributed by atoms with Gasteiger partial charge in [-0.25, -0.2) is 0 Å². The maximum absolute atomic E-state index is 14.0. The number of methoxy groups -OCH3 is 1. The van der Waals surface area contributed by atoms with Gasteiger partial charge in [0.25, 0.3) is 5.91 Å². The van der Waals surface area contributed by atoms with Crippen molar-refractivity contribution in [3.63, 3.8) is 0 Å². The van der Waals surface area contributed by atoms with Crippen molar-refractivity contribution >= 4 is 40.7 Å². The number of hydrogen-bond acceptors (Lipinski definition) is 14.